The molecule has 0 fully saturated rings. The van der Waals surface area contributed by atoms with Crippen molar-refractivity contribution in [3.05, 3.63) is 117 Å². The number of hydrogen-bond acceptors (Lipinski definition) is 0. The summed E-state index contributed by atoms with van der Waals surface area (Å²) >= 11 is 0. The van der Waals surface area contributed by atoms with Crippen molar-refractivity contribution in [1.82, 2.24) is 0 Å². The lowest BCUT2D eigenvalue weighted by Crippen LogP contribution is -1.87. The summed E-state index contributed by atoms with van der Waals surface area (Å²) in [5.41, 5.74) is 7.13. The second-order valence-electron chi connectivity index (χ2n) is 7.10. The highest BCUT2D eigenvalue weighted by Gasteiger charge is 1.96. The van der Waals surface area contributed by atoms with Gasteiger partial charge in [-0.2, -0.15) is 0 Å². The SMILES string of the molecule is Cc1ccc(C#CC([Si])=C(C#Cc2ccc(C)cc2)C#Cc2ccc(C)cc2)cc1. The highest BCUT2D eigenvalue weighted by molar-refractivity contribution is 6.25. The minimum atomic E-state index is 0.660. The van der Waals surface area contributed by atoms with Crippen LogP contribution in [0.1, 0.15) is 33.4 Å². The second-order valence-corrected chi connectivity index (χ2v) is 7.60. The number of aryl methyl sites for hydroxylation is 3. The van der Waals surface area contributed by atoms with Crippen LogP contribution in [0.5, 0.6) is 0 Å². The fourth-order valence-electron chi connectivity index (χ4n) is 2.53. The Morgan fingerprint density at radius 1 is 0.500 bits per heavy atom. The molecule has 3 aromatic rings. The van der Waals surface area contributed by atoms with E-state index in [1.54, 1.807) is 0 Å². The van der Waals surface area contributed by atoms with Gasteiger partial charge in [0, 0.05) is 21.9 Å². The van der Waals surface area contributed by atoms with Gasteiger partial charge in [0.25, 0.3) is 0 Å². The van der Waals surface area contributed by atoms with Crippen LogP contribution in [0.2, 0.25) is 0 Å². The molecule has 141 valence electrons. The molecule has 0 heterocycles. The van der Waals surface area contributed by atoms with Gasteiger partial charge < -0.3 is 0 Å². The van der Waals surface area contributed by atoms with E-state index < -0.39 is 0 Å². The van der Waals surface area contributed by atoms with Gasteiger partial charge in [0.05, 0.1) is 15.8 Å². The third kappa shape index (κ3) is 6.43. The summed E-state index contributed by atoms with van der Waals surface area (Å²) in [4.78, 5) is 0. The minimum Gasteiger partial charge on any atom is -0.0696 e. The molecule has 3 radical (unpaired) electrons. The molecular weight excluding hydrogens is 376 g/mol. The third-order valence-corrected chi connectivity index (χ3v) is 4.78. The van der Waals surface area contributed by atoms with Crippen LogP contribution in [0, 0.1) is 56.3 Å². The Morgan fingerprint density at radius 2 is 0.800 bits per heavy atom. The fraction of sp³-hybridized carbons (Fsp3) is 0.103. The molecule has 0 atom stereocenters. The highest BCUT2D eigenvalue weighted by atomic mass is 28.1. The van der Waals surface area contributed by atoms with E-state index in [-0.39, 0.29) is 0 Å². The van der Waals surface area contributed by atoms with Crippen molar-refractivity contribution in [2.75, 3.05) is 0 Å². The summed E-state index contributed by atoms with van der Waals surface area (Å²) < 4.78 is 0. The first-order chi connectivity index (χ1) is 14.5. The Kier molecular flexibility index (Phi) is 7.13. The minimum absolute atomic E-state index is 0.660. The van der Waals surface area contributed by atoms with E-state index in [4.69, 9.17) is 0 Å². The van der Waals surface area contributed by atoms with E-state index >= 15 is 0 Å². The van der Waals surface area contributed by atoms with Crippen LogP contribution in [-0.2, 0) is 0 Å². The molecule has 3 rings (SSSR count). The Labute approximate surface area is 183 Å². The molecule has 0 amide bonds. The van der Waals surface area contributed by atoms with Crippen LogP contribution in [0.25, 0.3) is 0 Å². The van der Waals surface area contributed by atoms with Crippen molar-refractivity contribution in [3.8, 4) is 35.5 Å². The summed E-state index contributed by atoms with van der Waals surface area (Å²) in [7, 11) is 3.65. The average Bonchev–Trinajstić information content (AvgIpc) is 2.75. The van der Waals surface area contributed by atoms with E-state index in [1.165, 1.54) is 16.7 Å². The van der Waals surface area contributed by atoms with Crippen molar-refractivity contribution < 1.29 is 0 Å². The number of benzene rings is 3. The molecule has 0 nitrogen and oxygen atoms in total. The molecule has 0 N–H and O–H groups in total. The first kappa shape index (κ1) is 21.0. The van der Waals surface area contributed by atoms with Gasteiger partial charge in [-0.15, -0.1) is 0 Å². The van der Waals surface area contributed by atoms with Gasteiger partial charge in [0.1, 0.15) is 0 Å². The zero-order valence-electron chi connectivity index (χ0n) is 17.4. The van der Waals surface area contributed by atoms with Gasteiger partial charge in [0.2, 0.25) is 0 Å². The Bertz CT molecular complexity index is 1170. The maximum absolute atomic E-state index is 3.65. The highest BCUT2D eigenvalue weighted by Crippen LogP contribution is 2.06. The van der Waals surface area contributed by atoms with Gasteiger partial charge in [-0.25, -0.2) is 0 Å². The fourth-order valence-corrected chi connectivity index (χ4v) is 2.72. The Balaban J connectivity index is 1.98. The van der Waals surface area contributed by atoms with Crippen LogP contribution < -0.4 is 0 Å². The molecule has 1 heteroatoms. The summed E-state index contributed by atoms with van der Waals surface area (Å²) in [6.45, 7) is 6.19. The summed E-state index contributed by atoms with van der Waals surface area (Å²) in [6, 6.07) is 24.4. The molecule has 0 bridgehead atoms. The van der Waals surface area contributed by atoms with Crippen LogP contribution in [0.4, 0.5) is 0 Å². The van der Waals surface area contributed by atoms with Gasteiger partial charge in [-0.3, -0.25) is 0 Å². The second kappa shape index (κ2) is 10.2. The number of rotatable bonds is 0. The van der Waals surface area contributed by atoms with E-state index in [1.807, 2.05) is 36.4 Å². The zero-order valence-corrected chi connectivity index (χ0v) is 18.4. The normalized spacial score (nSPS) is 9.20. The Hall–Kier alpha value is -3.70. The Morgan fingerprint density at radius 3 is 1.13 bits per heavy atom. The zero-order chi connectivity index (χ0) is 21.3. The number of allylic oxidation sites excluding steroid dienone is 2. The topological polar surface area (TPSA) is 0 Å². The van der Waals surface area contributed by atoms with E-state index in [2.05, 4.69) is 103 Å². The monoisotopic (exact) mass is 397 g/mol. The molecule has 0 aromatic heterocycles. The average molecular weight is 398 g/mol. The first-order valence-electron chi connectivity index (χ1n) is 9.71. The van der Waals surface area contributed by atoms with Crippen LogP contribution >= 0.6 is 0 Å². The van der Waals surface area contributed by atoms with Gasteiger partial charge in [-0.1, -0.05) is 88.6 Å². The lowest BCUT2D eigenvalue weighted by atomic mass is 10.1. The summed E-state index contributed by atoms with van der Waals surface area (Å²) in [5, 5.41) is 0.676. The molecule has 0 aliphatic heterocycles. The largest absolute Gasteiger partial charge is 0.0867 e. The predicted octanol–water partition coefficient (Wildman–Crippen LogP) is 5.49. The van der Waals surface area contributed by atoms with Crippen molar-refractivity contribution in [2.45, 2.75) is 20.8 Å². The van der Waals surface area contributed by atoms with Gasteiger partial charge in [0.15, 0.2) is 0 Å². The maximum Gasteiger partial charge on any atom is 0.0867 e. The van der Waals surface area contributed by atoms with Crippen LogP contribution in [0.15, 0.2) is 83.6 Å². The number of hydrogen-bond donors (Lipinski definition) is 0. The quantitative estimate of drug-likeness (QED) is 0.348. The third-order valence-electron chi connectivity index (χ3n) is 4.40. The summed E-state index contributed by atoms with van der Waals surface area (Å²) in [6.07, 6.45) is 0. The molecule has 0 unspecified atom stereocenters. The molecule has 0 aliphatic carbocycles. The lowest BCUT2D eigenvalue weighted by molar-refractivity contribution is 1.46. The first-order valence-corrected chi connectivity index (χ1v) is 10.2. The molecule has 0 spiro atoms. The molecule has 0 saturated carbocycles. The standard InChI is InChI=1S/C29H21Si/c1-22-4-10-25(11-5-22)16-19-28(20-17-26-12-6-23(2)7-13-26)29(30)21-18-27-14-8-24(3)9-15-27/h4-15H,1-3H3. The molecule has 3 aromatic carbocycles. The van der Waals surface area contributed by atoms with E-state index in [0.29, 0.717) is 10.8 Å². The predicted molar refractivity (Wildman–Crippen MR) is 127 cm³/mol. The lowest BCUT2D eigenvalue weighted by Gasteiger charge is -1.95. The van der Waals surface area contributed by atoms with Crippen LogP contribution in [0.3, 0.4) is 0 Å². The smallest absolute Gasteiger partial charge is 0.0696 e. The van der Waals surface area contributed by atoms with E-state index in [0.717, 1.165) is 16.7 Å². The molecular formula is C29H21Si. The van der Waals surface area contributed by atoms with Crippen molar-refractivity contribution in [1.29, 1.82) is 0 Å². The van der Waals surface area contributed by atoms with Crippen LogP contribution in [-0.4, -0.2) is 10.2 Å². The molecule has 0 aliphatic rings. The maximum atomic E-state index is 3.65. The van der Waals surface area contributed by atoms with Crippen molar-refractivity contribution in [3.63, 3.8) is 0 Å². The molecule has 0 saturated heterocycles. The van der Waals surface area contributed by atoms with Crippen molar-refractivity contribution >= 4 is 10.2 Å². The molecule has 30 heavy (non-hydrogen) atoms. The summed E-state index contributed by atoms with van der Waals surface area (Å²) in [5.74, 6) is 19.1. The van der Waals surface area contributed by atoms with Crippen molar-refractivity contribution in [2.24, 2.45) is 0 Å². The van der Waals surface area contributed by atoms with Gasteiger partial charge in [-0.05, 0) is 57.2 Å². The van der Waals surface area contributed by atoms with Gasteiger partial charge >= 0.3 is 0 Å². The van der Waals surface area contributed by atoms with E-state index in [9.17, 15) is 0 Å².